The van der Waals surface area contributed by atoms with Crippen molar-refractivity contribution in [2.24, 2.45) is 0 Å². The molecule has 0 fully saturated rings. The van der Waals surface area contributed by atoms with Crippen molar-refractivity contribution >= 4 is 56.4 Å². The first-order valence-corrected chi connectivity index (χ1v) is 9.20. The maximum absolute atomic E-state index is 5.92. The van der Waals surface area contributed by atoms with Crippen LogP contribution in [-0.2, 0) is 6.54 Å². The summed E-state index contributed by atoms with van der Waals surface area (Å²) < 4.78 is 2.68. The van der Waals surface area contributed by atoms with Gasteiger partial charge in [0.2, 0.25) is 0 Å². The fourth-order valence-corrected chi connectivity index (χ4v) is 3.06. The Morgan fingerprint density at radius 1 is 1.16 bits per heavy atom. The molecule has 0 bridgehead atoms. The van der Waals surface area contributed by atoms with Gasteiger partial charge < -0.3 is 10.6 Å². The molecule has 0 saturated heterocycles. The normalized spacial score (nSPS) is 10.5. The average molecular weight is 436 g/mol. The highest BCUT2D eigenvalue weighted by Gasteiger charge is 2.09. The van der Waals surface area contributed by atoms with Crippen LogP contribution in [0.1, 0.15) is 11.1 Å². The SMILES string of the molecule is Cc1ccccc1NC(=S)Nc1nn(Cc2ccc(Cl)cc2)cc1Br. The monoisotopic (exact) mass is 434 g/mol. The zero-order valence-corrected chi connectivity index (χ0v) is 16.6. The van der Waals surface area contributed by atoms with Crippen molar-refractivity contribution in [2.75, 3.05) is 10.6 Å². The lowest BCUT2D eigenvalue weighted by Crippen LogP contribution is -2.20. The van der Waals surface area contributed by atoms with Crippen LogP contribution in [0.3, 0.4) is 0 Å². The van der Waals surface area contributed by atoms with Crippen molar-refractivity contribution in [1.29, 1.82) is 0 Å². The quantitative estimate of drug-likeness (QED) is 0.534. The Kier molecular flexibility index (Phi) is 5.73. The number of aryl methyl sites for hydroxylation is 1. The maximum Gasteiger partial charge on any atom is 0.176 e. The lowest BCUT2D eigenvalue weighted by molar-refractivity contribution is 0.689. The smallest absolute Gasteiger partial charge is 0.176 e. The first kappa shape index (κ1) is 17.9. The van der Waals surface area contributed by atoms with E-state index in [0.29, 0.717) is 17.5 Å². The van der Waals surface area contributed by atoms with Crippen molar-refractivity contribution in [3.05, 3.63) is 75.4 Å². The Hall–Kier alpha value is -1.89. The zero-order chi connectivity index (χ0) is 17.8. The van der Waals surface area contributed by atoms with Crippen LogP contribution < -0.4 is 10.6 Å². The van der Waals surface area contributed by atoms with Crippen molar-refractivity contribution in [2.45, 2.75) is 13.5 Å². The van der Waals surface area contributed by atoms with Gasteiger partial charge in [-0.05, 0) is 64.4 Å². The molecule has 0 aliphatic rings. The summed E-state index contributed by atoms with van der Waals surface area (Å²) in [6.07, 6.45) is 1.91. The average Bonchev–Trinajstić information content (AvgIpc) is 2.91. The van der Waals surface area contributed by atoms with Gasteiger partial charge in [0.1, 0.15) is 0 Å². The number of nitrogens with one attached hydrogen (secondary N) is 2. The van der Waals surface area contributed by atoms with Gasteiger partial charge in [0.05, 0.1) is 11.0 Å². The van der Waals surface area contributed by atoms with Crippen LogP contribution in [0.2, 0.25) is 5.02 Å². The molecule has 0 amide bonds. The number of rotatable bonds is 4. The Morgan fingerprint density at radius 3 is 2.60 bits per heavy atom. The minimum absolute atomic E-state index is 0.492. The van der Waals surface area contributed by atoms with Crippen LogP contribution in [0.15, 0.2) is 59.2 Å². The van der Waals surface area contributed by atoms with Crippen LogP contribution in [0.25, 0.3) is 0 Å². The highest BCUT2D eigenvalue weighted by molar-refractivity contribution is 9.10. The second-order valence-corrected chi connectivity index (χ2v) is 7.24. The van der Waals surface area contributed by atoms with Crippen molar-refractivity contribution in [1.82, 2.24) is 9.78 Å². The van der Waals surface area contributed by atoms with Gasteiger partial charge in [-0.3, -0.25) is 4.68 Å². The maximum atomic E-state index is 5.92. The topological polar surface area (TPSA) is 41.9 Å². The minimum atomic E-state index is 0.492. The number of nitrogens with zero attached hydrogens (tertiary/aromatic N) is 2. The summed E-state index contributed by atoms with van der Waals surface area (Å²) in [7, 11) is 0. The van der Waals surface area contributed by atoms with Crippen molar-refractivity contribution in [3.63, 3.8) is 0 Å². The molecule has 1 heterocycles. The summed E-state index contributed by atoms with van der Waals surface area (Å²) in [6, 6.07) is 15.7. The number of benzene rings is 2. The molecule has 3 aromatic rings. The van der Waals surface area contributed by atoms with Crippen LogP contribution >= 0.6 is 39.7 Å². The molecule has 0 spiro atoms. The summed E-state index contributed by atoms with van der Waals surface area (Å²) in [5, 5.41) is 12.1. The van der Waals surface area contributed by atoms with Crippen LogP contribution in [0.4, 0.5) is 11.5 Å². The van der Waals surface area contributed by atoms with E-state index in [2.05, 4.69) is 31.7 Å². The first-order chi connectivity index (χ1) is 12.0. The van der Waals surface area contributed by atoms with E-state index in [9.17, 15) is 0 Å². The molecular weight excluding hydrogens is 420 g/mol. The Balaban J connectivity index is 1.67. The number of aromatic nitrogens is 2. The lowest BCUT2D eigenvalue weighted by atomic mass is 10.2. The van der Waals surface area contributed by atoms with Gasteiger partial charge in [-0.15, -0.1) is 0 Å². The summed E-state index contributed by atoms with van der Waals surface area (Å²) in [4.78, 5) is 0. The molecule has 0 aliphatic carbocycles. The molecule has 0 saturated carbocycles. The number of hydrogen-bond donors (Lipinski definition) is 2. The molecule has 25 heavy (non-hydrogen) atoms. The highest BCUT2D eigenvalue weighted by Crippen LogP contribution is 2.22. The third-order valence-corrected chi connectivity index (χ3v) is 4.64. The highest BCUT2D eigenvalue weighted by atomic mass is 79.9. The standard InChI is InChI=1S/C18H16BrClN4S/c1-12-4-2-3-5-16(12)21-18(25)22-17-15(19)11-24(23-17)10-13-6-8-14(20)9-7-13/h2-9,11H,10H2,1H3,(H2,21,22,23,25). The molecule has 2 N–H and O–H groups in total. The van der Waals surface area contributed by atoms with Crippen molar-refractivity contribution < 1.29 is 0 Å². The van der Waals surface area contributed by atoms with Crippen LogP contribution in [-0.4, -0.2) is 14.9 Å². The number of hydrogen-bond acceptors (Lipinski definition) is 2. The fourth-order valence-electron chi connectivity index (χ4n) is 2.31. The predicted octanol–water partition coefficient (Wildman–Crippen LogP) is 5.46. The van der Waals surface area contributed by atoms with E-state index < -0.39 is 0 Å². The zero-order valence-electron chi connectivity index (χ0n) is 13.5. The molecule has 4 nitrogen and oxygen atoms in total. The number of thiocarbonyl (C=S) groups is 1. The lowest BCUT2D eigenvalue weighted by Gasteiger charge is -2.11. The predicted molar refractivity (Wildman–Crippen MR) is 112 cm³/mol. The number of halogens is 2. The fraction of sp³-hybridized carbons (Fsp3) is 0.111. The molecule has 128 valence electrons. The molecule has 1 aromatic heterocycles. The molecule has 2 aromatic carbocycles. The molecule has 0 radical (unpaired) electrons. The molecule has 0 aliphatic heterocycles. The van der Waals surface area contributed by atoms with Gasteiger partial charge in [0.15, 0.2) is 10.9 Å². The summed E-state index contributed by atoms with van der Waals surface area (Å²) in [5.41, 5.74) is 3.21. The van der Waals surface area contributed by atoms with Crippen LogP contribution in [0, 0.1) is 6.92 Å². The van der Waals surface area contributed by atoms with Crippen molar-refractivity contribution in [3.8, 4) is 0 Å². The van der Waals surface area contributed by atoms with Gasteiger partial charge >= 0.3 is 0 Å². The Bertz CT molecular complexity index is 892. The second kappa shape index (κ2) is 7.99. The Morgan fingerprint density at radius 2 is 1.88 bits per heavy atom. The molecular formula is C18H16BrClN4S. The summed E-state index contributed by atoms with van der Waals surface area (Å²) in [5.74, 6) is 0.667. The van der Waals surface area contributed by atoms with Gasteiger partial charge in [-0.2, -0.15) is 5.10 Å². The number of para-hydroxylation sites is 1. The van der Waals surface area contributed by atoms with E-state index in [1.165, 1.54) is 0 Å². The van der Waals surface area contributed by atoms with E-state index in [1.54, 1.807) is 0 Å². The van der Waals surface area contributed by atoms with Gasteiger partial charge in [0.25, 0.3) is 0 Å². The Labute approximate surface area is 165 Å². The first-order valence-electron chi connectivity index (χ1n) is 7.62. The van der Waals surface area contributed by atoms with Crippen LogP contribution in [0.5, 0.6) is 0 Å². The second-order valence-electron chi connectivity index (χ2n) is 5.54. The van der Waals surface area contributed by atoms with Gasteiger partial charge in [-0.25, -0.2) is 0 Å². The molecule has 7 heteroatoms. The summed E-state index contributed by atoms with van der Waals surface area (Å²) >= 11 is 14.8. The molecule has 3 rings (SSSR count). The van der Waals surface area contributed by atoms with Gasteiger partial charge in [-0.1, -0.05) is 41.9 Å². The largest absolute Gasteiger partial charge is 0.332 e. The third-order valence-electron chi connectivity index (χ3n) is 3.60. The number of anilines is 2. The van der Waals surface area contributed by atoms with E-state index in [4.69, 9.17) is 23.8 Å². The molecule has 0 unspecified atom stereocenters. The van der Waals surface area contributed by atoms with E-state index in [0.717, 1.165) is 26.3 Å². The van der Waals surface area contributed by atoms with Gasteiger partial charge in [0, 0.05) is 16.9 Å². The third kappa shape index (κ3) is 4.81. The van der Waals surface area contributed by atoms with E-state index in [-0.39, 0.29) is 0 Å². The summed E-state index contributed by atoms with van der Waals surface area (Å²) in [6.45, 7) is 2.68. The molecule has 0 atom stereocenters. The van der Waals surface area contributed by atoms with E-state index >= 15 is 0 Å². The minimum Gasteiger partial charge on any atom is -0.332 e. The van der Waals surface area contributed by atoms with E-state index in [1.807, 2.05) is 66.3 Å².